The fraction of sp³-hybridized carbons (Fsp3) is 0.667. The number of hydrogen-bond donors (Lipinski definition) is 4. The van der Waals surface area contributed by atoms with E-state index < -0.39 is 18.1 Å². The summed E-state index contributed by atoms with van der Waals surface area (Å²) in [6, 6.07) is 3.28. The van der Waals surface area contributed by atoms with Crippen molar-refractivity contribution in [1.29, 1.82) is 0 Å². The van der Waals surface area contributed by atoms with Crippen molar-refractivity contribution in [3.8, 4) is 5.75 Å². The summed E-state index contributed by atoms with van der Waals surface area (Å²) < 4.78 is 0. The van der Waals surface area contributed by atoms with Gasteiger partial charge in [-0.2, -0.15) is 0 Å². The Balaban J connectivity index is 1.78. The smallest absolute Gasteiger partial charge is 0.270 e. The van der Waals surface area contributed by atoms with Gasteiger partial charge in [0.25, 0.3) is 5.91 Å². The van der Waals surface area contributed by atoms with Crippen molar-refractivity contribution in [2.24, 2.45) is 17.8 Å². The lowest BCUT2D eigenvalue weighted by Crippen LogP contribution is -2.59. The van der Waals surface area contributed by atoms with Crippen molar-refractivity contribution >= 4 is 34.8 Å². The molecule has 0 saturated heterocycles. The minimum Gasteiger partial charge on any atom is -0.508 e. The summed E-state index contributed by atoms with van der Waals surface area (Å²) in [6.07, 6.45) is 2.38. The molecule has 1 aliphatic carbocycles. The van der Waals surface area contributed by atoms with Crippen LogP contribution >= 0.6 is 11.3 Å². The van der Waals surface area contributed by atoms with Gasteiger partial charge in [0, 0.05) is 36.3 Å². The van der Waals surface area contributed by atoms with Gasteiger partial charge < -0.3 is 25.7 Å². The van der Waals surface area contributed by atoms with E-state index in [1.165, 1.54) is 18.3 Å². The first-order valence-corrected chi connectivity index (χ1v) is 19.5. The molecular formula is C39H61N5O6S. The lowest BCUT2D eigenvalue weighted by Gasteiger charge is -2.39. The van der Waals surface area contributed by atoms with E-state index in [2.05, 4.69) is 22.5 Å². The minimum atomic E-state index is -1.02. The van der Waals surface area contributed by atoms with Crippen LogP contribution in [0.25, 0.3) is 0 Å². The van der Waals surface area contributed by atoms with Crippen LogP contribution in [0, 0.1) is 17.8 Å². The summed E-state index contributed by atoms with van der Waals surface area (Å²) in [5.41, 5.74) is 1.89. The molecule has 11 nitrogen and oxygen atoms in total. The highest BCUT2D eigenvalue weighted by molar-refractivity contribution is 7.09. The number of benzene rings is 1. The molecule has 0 saturated carbocycles. The van der Waals surface area contributed by atoms with Gasteiger partial charge in [-0.3, -0.25) is 24.1 Å². The number of phenols is 1. The highest BCUT2D eigenvalue weighted by Gasteiger charge is 2.38. The summed E-state index contributed by atoms with van der Waals surface area (Å²) in [5.74, 6) is -1.05. The molecule has 12 heteroatoms. The maximum absolute atomic E-state index is 14.4. The number of amides is 3. The van der Waals surface area contributed by atoms with Crippen molar-refractivity contribution in [3.63, 3.8) is 0 Å². The first-order valence-electron chi connectivity index (χ1n) is 18.6. The van der Waals surface area contributed by atoms with Gasteiger partial charge in [-0.25, -0.2) is 4.98 Å². The molecule has 3 amide bonds. The maximum atomic E-state index is 14.4. The first-order chi connectivity index (χ1) is 24.0. The molecule has 1 aromatic heterocycles. The lowest BCUT2D eigenvalue weighted by molar-refractivity contribution is -0.143. The summed E-state index contributed by atoms with van der Waals surface area (Å²) in [5, 5.41) is 29.6. The average Bonchev–Trinajstić information content (AvgIpc) is 3.58. The van der Waals surface area contributed by atoms with E-state index in [1.807, 2.05) is 65.4 Å². The molecule has 2 aromatic rings. The second-order valence-corrected chi connectivity index (χ2v) is 15.9. The normalized spacial score (nSPS) is 19.4. The van der Waals surface area contributed by atoms with Crippen LogP contribution in [0.15, 0.2) is 23.6 Å². The molecule has 0 spiro atoms. The number of nitrogens with one attached hydrogen (secondary N) is 2. The van der Waals surface area contributed by atoms with Crippen LogP contribution in [0.1, 0.15) is 126 Å². The number of fused-ring (bicyclic) bond motifs is 1. The second-order valence-electron chi connectivity index (χ2n) is 15.0. The van der Waals surface area contributed by atoms with Crippen molar-refractivity contribution in [1.82, 2.24) is 25.4 Å². The van der Waals surface area contributed by atoms with E-state index in [9.17, 15) is 29.4 Å². The molecule has 4 N–H and O–H groups in total. The monoisotopic (exact) mass is 727 g/mol. The van der Waals surface area contributed by atoms with E-state index in [1.54, 1.807) is 23.6 Å². The number of carbonyl (C=O) groups excluding carboxylic acids is 4. The van der Waals surface area contributed by atoms with Gasteiger partial charge in [0.15, 0.2) is 0 Å². The average molecular weight is 728 g/mol. The van der Waals surface area contributed by atoms with Gasteiger partial charge in [0.2, 0.25) is 11.8 Å². The van der Waals surface area contributed by atoms with Gasteiger partial charge in [0.05, 0.1) is 6.04 Å². The topological polar surface area (TPSA) is 152 Å². The Labute approximate surface area is 308 Å². The molecule has 284 valence electrons. The van der Waals surface area contributed by atoms with Crippen LogP contribution in [-0.2, 0) is 20.8 Å². The number of phenolic OH excluding ortho intramolecular Hbond substituents is 1. The van der Waals surface area contributed by atoms with Crippen molar-refractivity contribution < 1.29 is 29.4 Å². The number of ketones is 1. The Bertz CT molecular complexity index is 1490. The number of likely N-dealkylation sites (N-methyl/N-ethyl adjacent to an activating group) is 1. The molecule has 0 bridgehead atoms. The molecule has 0 radical (unpaired) electrons. The summed E-state index contributed by atoms with van der Waals surface area (Å²) >= 11 is 1.20. The minimum absolute atomic E-state index is 0.00823. The molecule has 8 unspecified atom stereocenters. The van der Waals surface area contributed by atoms with Gasteiger partial charge >= 0.3 is 0 Å². The quantitative estimate of drug-likeness (QED) is 0.158. The van der Waals surface area contributed by atoms with Crippen LogP contribution in [0.2, 0.25) is 0 Å². The van der Waals surface area contributed by atoms with Gasteiger partial charge in [-0.05, 0) is 81.3 Å². The standard InChI is InChI=1S/C39H61N5O6S/c1-11-16-44(39(50)34(23(6)12-2)42-37(49)35(43(9)10)24(7)13-3)32(22(4)5)20-33(47)38-41-31(21-51-38)36(48)40-27-17-26-14-15-28(46)19-30(26)29(18-27)25(8)45/h14-15,19,21-24,27,29,32-35,46-47H,11-13,16-18,20H2,1-10H3,(H,40,48)(H,42,49). The van der Waals surface area contributed by atoms with E-state index in [-0.39, 0.29) is 77.2 Å². The first kappa shape index (κ1) is 42.1. The Kier molecular flexibility index (Phi) is 15.6. The number of Topliss-reactive ketones (excluding diaryl/α,β-unsaturated/α-hetero) is 1. The van der Waals surface area contributed by atoms with Crippen LogP contribution in [0.4, 0.5) is 0 Å². The number of thiazole rings is 1. The summed E-state index contributed by atoms with van der Waals surface area (Å²) in [4.78, 5) is 62.1. The highest BCUT2D eigenvalue weighted by atomic mass is 32.1. The largest absolute Gasteiger partial charge is 0.508 e. The Hall–Kier alpha value is -3.35. The molecule has 1 aliphatic rings. The predicted molar refractivity (Wildman–Crippen MR) is 202 cm³/mol. The number of hydrogen-bond acceptors (Lipinski definition) is 9. The molecule has 1 aromatic carbocycles. The van der Waals surface area contributed by atoms with Crippen molar-refractivity contribution in [3.05, 3.63) is 45.4 Å². The van der Waals surface area contributed by atoms with E-state index >= 15 is 0 Å². The predicted octanol–water partition coefficient (Wildman–Crippen LogP) is 5.46. The molecule has 0 fully saturated rings. The third-order valence-electron chi connectivity index (χ3n) is 10.5. The molecule has 3 rings (SSSR count). The Morgan fingerprint density at radius 3 is 2.27 bits per heavy atom. The van der Waals surface area contributed by atoms with E-state index in [0.717, 1.165) is 17.5 Å². The van der Waals surface area contributed by atoms with Crippen LogP contribution in [-0.4, -0.2) is 93.3 Å². The van der Waals surface area contributed by atoms with Crippen molar-refractivity contribution in [2.75, 3.05) is 20.6 Å². The number of aliphatic hydroxyl groups excluding tert-OH is 1. The van der Waals surface area contributed by atoms with Crippen LogP contribution < -0.4 is 10.6 Å². The number of aromatic hydroxyl groups is 1. The van der Waals surface area contributed by atoms with Crippen LogP contribution in [0.5, 0.6) is 5.75 Å². The Morgan fingerprint density at radius 2 is 1.71 bits per heavy atom. The number of aliphatic hydroxyl groups is 1. The number of aromatic nitrogens is 1. The lowest BCUT2D eigenvalue weighted by atomic mass is 9.78. The SMILES string of the molecule is CCCN(C(=O)C(NC(=O)C(C(C)CC)N(C)C)C(C)CC)C(CC(O)c1nc(C(=O)NC2Cc3ccc(O)cc3C(C(C)=O)C2)cs1)C(C)C. The number of rotatable bonds is 18. The Morgan fingerprint density at radius 1 is 1.04 bits per heavy atom. The molecular weight excluding hydrogens is 667 g/mol. The van der Waals surface area contributed by atoms with Gasteiger partial charge in [-0.1, -0.05) is 67.4 Å². The molecule has 1 heterocycles. The zero-order chi connectivity index (χ0) is 38.2. The summed E-state index contributed by atoms with van der Waals surface area (Å²) in [7, 11) is 3.77. The zero-order valence-electron chi connectivity index (χ0n) is 32.2. The summed E-state index contributed by atoms with van der Waals surface area (Å²) in [6.45, 7) is 16.1. The molecule has 51 heavy (non-hydrogen) atoms. The zero-order valence-corrected chi connectivity index (χ0v) is 33.0. The third-order valence-corrected chi connectivity index (χ3v) is 11.5. The van der Waals surface area contributed by atoms with Crippen LogP contribution in [0.3, 0.4) is 0 Å². The fourth-order valence-electron chi connectivity index (χ4n) is 7.25. The maximum Gasteiger partial charge on any atom is 0.270 e. The highest BCUT2D eigenvalue weighted by Crippen LogP contribution is 2.35. The second kappa shape index (κ2) is 18.9. The van der Waals surface area contributed by atoms with E-state index in [0.29, 0.717) is 37.2 Å². The third kappa shape index (κ3) is 10.6. The van der Waals surface area contributed by atoms with Crippen molar-refractivity contribution in [2.45, 2.75) is 130 Å². The molecule has 8 atom stereocenters. The van der Waals surface area contributed by atoms with Gasteiger partial charge in [-0.15, -0.1) is 11.3 Å². The number of carbonyl (C=O) groups is 4. The van der Waals surface area contributed by atoms with Gasteiger partial charge in [0.1, 0.15) is 34.4 Å². The molecule has 0 aliphatic heterocycles. The van der Waals surface area contributed by atoms with E-state index in [4.69, 9.17) is 0 Å². The number of nitrogens with zero attached hydrogens (tertiary/aromatic N) is 3. The fourth-order valence-corrected chi connectivity index (χ4v) is 8.04.